The molecule has 0 aliphatic rings. The van der Waals surface area contributed by atoms with Crippen molar-refractivity contribution in [1.29, 1.82) is 0 Å². The number of benzene rings is 1. The molecule has 1 heterocycles. The maximum atomic E-state index is 5.16. The third-order valence-corrected chi connectivity index (χ3v) is 3.88. The molecule has 2 aromatic rings. The number of halogens is 2. The molecule has 1 N–H and O–H groups in total. The predicted octanol–water partition coefficient (Wildman–Crippen LogP) is 4.64. The molecule has 1 aromatic heterocycles. The molecule has 5 heteroatoms. The molecule has 0 bridgehead atoms. The molecule has 0 amide bonds. The van der Waals surface area contributed by atoms with Crippen LogP contribution in [0.4, 0.5) is 0 Å². The zero-order valence-corrected chi connectivity index (χ0v) is 12.4. The third-order valence-electron chi connectivity index (χ3n) is 2.20. The van der Waals surface area contributed by atoms with E-state index in [1.807, 2.05) is 19.1 Å². The van der Waals surface area contributed by atoms with Crippen LogP contribution in [0, 0.1) is 11.6 Å². The highest BCUT2D eigenvalue weighted by Gasteiger charge is 2.04. The second-order valence-corrected chi connectivity index (χ2v) is 5.55. The summed E-state index contributed by atoms with van der Waals surface area (Å²) in [6, 6.07) is 6.06. The van der Waals surface area contributed by atoms with Crippen molar-refractivity contribution in [2.24, 2.45) is 0 Å². The van der Waals surface area contributed by atoms with Gasteiger partial charge in [-0.25, -0.2) is 4.98 Å². The Morgan fingerprint density at radius 2 is 2.06 bits per heavy atom. The number of rotatable bonds is 1. The molecular weight excluding hydrogens is 352 g/mol. The van der Waals surface area contributed by atoms with Gasteiger partial charge in [0.05, 0.1) is 4.47 Å². The molecule has 0 unspecified atom stereocenters. The van der Waals surface area contributed by atoms with Gasteiger partial charge in [-0.1, -0.05) is 28.1 Å². The first-order chi connectivity index (χ1) is 7.58. The number of nitrogens with zero attached hydrogens (tertiary/aromatic N) is 1. The van der Waals surface area contributed by atoms with E-state index in [-0.39, 0.29) is 0 Å². The van der Waals surface area contributed by atoms with Gasteiger partial charge in [-0.05, 0) is 46.6 Å². The topological polar surface area (TPSA) is 28.7 Å². The Kier molecular flexibility index (Phi) is 3.56. The molecule has 16 heavy (non-hydrogen) atoms. The average Bonchev–Trinajstić information content (AvgIpc) is 2.22. The first-order valence-corrected chi connectivity index (χ1v) is 6.58. The second-order valence-electron chi connectivity index (χ2n) is 3.37. The van der Waals surface area contributed by atoms with Crippen molar-refractivity contribution >= 4 is 44.1 Å². The molecule has 2 nitrogen and oxygen atoms in total. The molecule has 82 valence electrons. The summed E-state index contributed by atoms with van der Waals surface area (Å²) >= 11 is 11.9. The zero-order valence-electron chi connectivity index (χ0n) is 8.42. The fourth-order valence-corrected chi connectivity index (χ4v) is 2.24. The number of hydrogen-bond donors (Lipinski definition) is 1. The monoisotopic (exact) mass is 358 g/mol. The Bertz CT molecular complexity index is 593. The predicted molar refractivity (Wildman–Crippen MR) is 75.0 cm³/mol. The number of H-pyrrole nitrogens is 1. The van der Waals surface area contributed by atoms with Crippen LogP contribution in [0.5, 0.6) is 0 Å². The standard InChI is InChI=1S/C11H8Br2N2S/c1-6-4-7(12)2-3-8(6)10-14-5-9(13)11(16)15-10/h2-5H,1H3,(H,14,15,16). The van der Waals surface area contributed by atoms with Crippen molar-refractivity contribution in [2.75, 3.05) is 0 Å². The van der Waals surface area contributed by atoms with Gasteiger partial charge in [-0.2, -0.15) is 0 Å². The van der Waals surface area contributed by atoms with Crippen LogP contribution in [0.3, 0.4) is 0 Å². The minimum atomic E-state index is 0.660. The Hall–Kier alpha value is -0.520. The van der Waals surface area contributed by atoms with Gasteiger partial charge in [0.2, 0.25) is 0 Å². The number of aromatic nitrogens is 2. The van der Waals surface area contributed by atoms with Crippen LogP contribution >= 0.6 is 44.1 Å². The smallest absolute Gasteiger partial charge is 0.138 e. The normalized spacial score (nSPS) is 10.4. The Balaban J connectivity index is 2.59. The van der Waals surface area contributed by atoms with Crippen LogP contribution < -0.4 is 0 Å². The van der Waals surface area contributed by atoms with E-state index in [2.05, 4.69) is 47.9 Å². The molecule has 0 saturated heterocycles. The van der Waals surface area contributed by atoms with Crippen LogP contribution in [0.2, 0.25) is 0 Å². The van der Waals surface area contributed by atoms with E-state index in [1.165, 1.54) is 0 Å². The summed E-state index contributed by atoms with van der Waals surface area (Å²) in [6.45, 7) is 2.04. The van der Waals surface area contributed by atoms with Gasteiger partial charge in [0.15, 0.2) is 0 Å². The van der Waals surface area contributed by atoms with E-state index in [0.29, 0.717) is 4.64 Å². The molecule has 0 saturated carbocycles. The van der Waals surface area contributed by atoms with Gasteiger partial charge < -0.3 is 4.98 Å². The third kappa shape index (κ3) is 2.42. The largest absolute Gasteiger partial charge is 0.330 e. The Labute approximate surface area is 115 Å². The quantitative estimate of drug-likeness (QED) is 0.751. The summed E-state index contributed by atoms with van der Waals surface area (Å²) in [5, 5.41) is 0. The number of aromatic amines is 1. The summed E-state index contributed by atoms with van der Waals surface area (Å²) in [5.74, 6) is 0.790. The summed E-state index contributed by atoms with van der Waals surface area (Å²) in [6.07, 6.45) is 1.72. The van der Waals surface area contributed by atoms with E-state index in [0.717, 1.165) is 25.9 Å². The molecule has 0 aliphatic heterocycles. The van der Waals surface area contributed by atoms with Gasteiger partial charge in [0.25, 0.3) is 0 Å². The van der Waals surface area contributed by atoms with Crippen LogP contribution in [0.1, 0.15) is 5.56 Å². The van der Waals surface area contributed by atoms with Crippen molar-refractivity contribution in [3.63, 3.8) is 0 Å². The maximum Gasteiger partial charge on any atom is 0.138 e. The SMILES string of the molecule is Cc1cc(Br)ccc1-c1ncc(Br)c(=S)[nH]1. The summed E-state index contributed by atoms with van der Waals surface area (Å²) < 4.78 is 2.53. The summed E-state index contributed by atoms with van der Waals surface area (Å²) in [4.78, 5) is 7.41. The van der Waals surface area contributed by atoms with Crippen LogP contribution in [0.25, 0.3) is 11.4 Å². The van der Waals surface area contributed by atoms with Gasteiger partial charge >= 0.3 is 0 Å². The van der Waals surface area contributed by atoms with Crippen LogP contribution in [-0.2, 0) is 0 Å². The highest BCUT2D eigenvalue weighted by Crippen LogP contribution is 2.24. The molecule has 0 radical (unpaired) electrons. The minimum Gasteiger partial charge on any atom is -0.330 e. The lowest BCUT2D eigenvalue weighted by molar-refractivity contribution is 1.14. The van der Waals surface area contributed by atoms with Crippen LogP contribution in [0.15, 0.2) is 33.3 Å². The molecule has 0 spiro atoms. The highest BCUT2D eigenvalue weighted by molar-refractivity contribution is 9.10. The minimum absolute atomic E-state index is 0.660. The van der Waals surface area contributed by atoms with Crippen molar-refractivity contribution in [3.8, 4) is 11.4 Å². The number of hydrogen-bond acceptors (Lipinski definition) is 2. The van der Waals surface area contributed by atoms with Crippen molar-refractivity contribution in [3.05, 3.63) is 43.5 Å². The maximum absolute atomic E-state index is 5.16. The lowest BCUT2D eigenvalue weighted by Crippen LogP contribution is -1.92. The molecule has 0 atom stereocenters. The molecule has 0 aliphatic carbocycles. The Morgan fingerprint density at radius 1 is 1.31 bits per heavy atom. The molecular formula is C11H8Br2N2S. The van der Waals surface area contributed by atoms with E-state index < -0.39 is 0 Å². The Morgan fingerprint density at radius 3 is 2.69 bits per heavy atom. The summed E-state index contributed by atoms with van der Waals surface area (Å²) in [5.41, 5.74) is 2.21. The van der Waals surface area contributed by atoms with Gasteiger partial charge in [-0.3, -0.25) is 0 Å². The average molecular weight is 360 g/mol. The fraction of sp³-hybridized carbons (Fsp3) is 0.0909. The van der Waals surface area contributed by atoms with Crippen molar-refractivity contribution < 1.29 is 0 Å². The van der Waals surface area contributed by atoms with Crippen molar-refractivity contribution in [1.82, 2.24) is 9.97 Å². The van der Waals surface area contributed by atoms with Gasteiger partial charge in [0, 0.05) is 16.2 Å². The first kappa shape index (κ1) is 12.0. The number of nitrogens with one attached hydrogen (secondary N) is 1. The molecule has 1 aromatic carbocycles. The van der Waals surface area contributed by atoms with E-state index >= 15 is 0 Å². The zero-order chi connectivity index (χ0) is 11.7. The number of aryl methyl sites for hydroxylation is 1. The lowest BCUT2D eigenvalue weighted by Gasteiger charge is -2.05. The van der Waals surface area contributed by atoms with Crippen molar-refractivity contribution in [2.45, 2.75) is 6.92 Å². The first-order valence-electron chi connectivity index (χ1n) is 4.59. The lowest BCUT2D eigenvalue weighted by atomic mass is 10.1. The van der Waals surface area contributed by atoms with Gasteiger partial charge in [0.1, 0.15) is 10.5 Å². The van der Waals surface area contributed by atoms with E-state index in [4.69, 9.17) is 12.2 Å². The second kappa shape index (κ2) is 4.77. The molecule has 0 fully saturated rings. The van der Waals surface area contributed by atoms with E-state index in [1.54, 1.807) is 6.20 Å². The fourth-order valence-electron chi connectivity index (χ4n) is 1.41. The highest BCUT2D eigenvalue weighted by atomic mass is 79.9. The van der Waals surface area contributed by atoms with E-state index in [9.17, 15) is 0 Å². The summed E-state index contributed by atoms with van der Waals surface area (Å²) in [7, 11) is 0. The molecule has 2 rings (SSSR count). The van der Waals surface area contributed by atoms with Gasteiger partial charge in [-0.15, -0.1) is 0 Å². The van der Waals surface area contributed by atoms with Crippen LogP contribution in [-0.4, -0.2) is 9.97 Å².